The molecule has 0 aliphatic heterocycles. The highest BCUT2D eigenvalue weighted by molar-refractivity contribution is 7.22. The van der Waals surface area contributed by atoms with Gasteiger partial charge >= 0.3 is 0 Å². The van der Waals surface area contributed by atoms with Crippen LogP contribution in [0.4, 0.5) is 5.13 Å². The lowest BCUT2D eigenvalue weighted by molar-refractivity contribution is 0.0977. The van der Waals surface area contributed by atoms with Crippen molar-refractivity contribution in [2.24, 2.45) is 0 Å². The summed E-state index contributed by atoms with van der Waals surface area (Å²) >= 11 is 1.59. The normalized spacial score (nSPS) is 11.7. The summed E-state index contributed by atoms with van der Waals surface area (Å²) in [4.78, 5) is 27.5. The highest BCUT2D eigenvalue weighted by atomic mass is 32.1. The zero-order chi connectivity index (χ0) is 22.1. The molecular formula is C24H29N5OS. The van der Waals surface area contributed by atoms with E-state index in [4.69, 9.17) is 4.98 Å². The Morgan fingerprint density at radius 3 is 2.58 bits per heavy atom. The first-order valence-corrected chi connectivity index (χ1v) is 11.6. The molecule has 1 amide bonds. The van der Waals surface area contributed by atoms with Crippen molar-refractivity contribution in [2.75, 3.05) is 31.1 Å². The van der Waals surface area contributed by atoms with Gasteiger partial charge in [0, 0.05) is 19.3 Å². The van der Waals surface area contributed by atoms with Gasteiger partial charge in [-0.05, 0) is 63.2 Å². The number of hydrogen-bond donors (Lipinski definition) is 0. The summed E-state index contributed by atoms with van der Waals surface area (Å²) in [6.45, 7) is 13.7. The number of amides is 1. The van der Waals surface area contributed by atoms with Crippen molar-refractivity contribution in [1.82, 2.24) is 19.3 Å². The minimum Gasteiger partial charge on any atom is -0.302 e. The Morgan fingerprint density at radius 1 is 1.06 bits per heavy atom. The Morgan fingerprint density at radius 2 is 1.84 bits per heavy atom. The third-order valence-corrected chi connectivity index (χ3v) is 6.96. The van der Waals surface area contributed by atoms with Crippen LogP contribution in [0.15, 0.2) is 36.5 Å². The minimum atomic E-state index is -0.0585. The van der Waals surface area contributed by atoms with Gasteiger partial charge in [0.05, 0.1) is 15.9 Å². The van der Waals surface area contributed by atoms with Gasteiger partial charge in [-0.2, -0.15) is 0 Å². The number of aryl methyl sites for hydroxylation is 3. The van der Waals surface area contributed by atoms with E-state index in [1.54, 1.807) is 11.3 Å². The largest absolute Gasteiger partial charge is 0.302 e. The standard InChI is InChI=1S/C24H29N5OS/c1-6-27(7-2)12-13-29(24-26-19-15-16(3)14-17(4)22(19)31-24)23(30)21-18(5)25-20-10-8-9-11-28(20)21/h8-11,14-15H,6-7,12-13H2,1-5H3. The number of aromatic nitrogens is 3. The van der Waals surface area contributed by atoms with Crippen LogP contribution < -0.4 is 4.90 Å². The summed E-state index contributed by atoms with van der Waals surface area (Å²) in [6.07, 6.45) is 1.90. The molecule has 7 heteroatoms. The van der Waals surface area contributed by atoms with Crippen molar-refractivity contribution < 1.29 is 4.79 Å². The maximum Gasteiger partial charge on any atom is 0.279 e. The number of benzene rings is 1. The number of nitrogens with zero attached hydrogens (tertiary/aromatic N) is 5. The predicted molar refractivity (Wildman–Crippen MR) is 128 cm³/mol. The molecule has 1 aromatic carbocycles. The van der Waals surface area contributed by atoms with Gasteiger partial charge in [0.15, 0.2) is 5.13 Å². The summed E-state index contributed by atoms with van der Waals surface area (Å²) in [7, 11) is 0. The molecule has 0 saturated carbocycles. The Hall–Kier alpha value is -2.77. The number of anilines is 1. The molecule has 0 unspecified atom stereocenters. The topological polar surface area (TPSA) is 53.7 Å². The molecule has 162 valence electrons. The van der Waals surface area contributed by atoms with Crippen molar-refractivity contribution in [1.29, 1.82) is 0 Å². The average Bonchev–Trinajstić information content (AvgIpc) is 3.31. The molecular weight excluding hydrogens is 406 g/mol. The van der Waals surface area contributed by atoms with Gasteiger partial charge in [-0.25, -0.2) is 9.97 Å². The Labute approximate surface area is 187 Å². The number of imidazole rings is 1. The van der Waals surface area contributed by atoms with Crippen molar-refractivity contribution in [3.8, 4) is 0 Å². The lowest BCUT2D eigenvalue weighted by Crippen LogP contribution is -2.39. The number of pyridine rings is 1. The molecule has 0 saturated heterocycles. The fourth-order valence-electron chi connectivity index (χ4n) is 4.04. The second-order valence-corrected chi connectivity index (χ2v) is 8.86. The maximum atomic E-state index is 13.9. The SMILES string of the molecule is CCN(CC)CCN(C(=O)c1c(C)nc2ccccn12)c1nc2cc(C)cc(C)c2s1. The zero-order valence-corrected chi connectivity index (χ0v) is 19.7. The van der Waals surface area contributed by atoms with Crippen molar-refractivity contribution in [3.05, 3.63) is 59.0 Å². The molecule has 0 atom stereocenters. The van der Waals surface area contributed by atoms with Crippen molar-refractivity contribution in [3.63, 3.8) is 0 Å². The van der Waals surface area contributed by atoms with Gasteiger partial charge < -0.3 is 4.90 Å². The van der Waals surface area contributed by atoms with E-state index in [2.05, 4.69) is 49.7 Å². The summed E-state index contributed by atoms with van der Waals surface area (Å²) in [6, 6.07) is 10.0. The number of carbonyl (C=O) groups is 1. The molecule has 0 aliphatic rings. The molecule has 31 heavy (non-hydrogen) atoms. The van der Waals surface area contributed by atoms with Crippen LogP contribution in [-0.4, -0.2) is 51.4 Å². The van der Waals surface area contributed by atoms with E-state index < -0.39 is 0 Å². The van der Waals surface area contributed by atoms with Gasteiger partial charge in [0.1, 0.15) is 11.3 Å². The highest BCUT2D eigenvalue weighted by Crippen LogP contribution is 2.33. The number of fused-ring (bicyclic) bond motifs is 2. The van der Waals surface area contributed by atoms with Crippen LogP contribution in [0.1, 0.15) is 41.2 Å². The molecule has 0 bridgehead atoms. The van der Waals surface area contributed by atoms with Gasteiger partial charge in [0.25, 0.3) is 5.91 Å². The van der Waals surface area contributed by atoms with E-state index in [0.29, 0.717) is 12.2 Å². The Kier molecular flexibility index (Phi) is 6.07. The van der Waals surface area contributed by atoms with E-state index in [1.807, 2.05) is 40.6 Å². The molecule has 0 aliphatic carbocycles. The fourth-order valence-corrected chi connectivity index (χ4v) is 5.08. The van der Waals surface area contributed by atoms with Gasteiger partial charge in [0.2, 0.25) is 0 Å². The molecule has 6 nitrogen and oxygen atoms in total. The van der Waals surface area contributed by atoms with Crippen molar-refractivity contribution >= 4 is 38.2 Å². The maximum absolute atomic E-state index is 13.9. The van der Waals surface area contributed by atoms with Crippen LogP contribution in [0.2, 0.25) is 0 Å². The van der Waals surface area contributed by atoms with Gasteiger partial charge in [-0.1, -0.05) is 37.3 Å². The van der Waals surface area contributed by atoms with E-state index in [9.17, 15) is 4.79 Å². The van der Waals surface area contributed by atoms with Crippen molar-refractivity contribution in [2.45, 2.75) is 34.6 Å². The van der Waals surface area contributed by atoms with Crippen LogP contribution in [0, 0.1) is 20.8 Å². The quantitative estimate of drug-likeness (QED) is 0.416. The van der Waals surface area contributed by atoms with Crippen LogP contribution in [0.3, 0.4) is 0 Å². The molecule has 3 heterocycles. The van der Waals surface area contributed by atoms with Gasteiger partial charge in [-0.3, -0.25) is 14.1 Å². The first-order chi connectivity index (χ1) is 14.9. The number of carbonyl (C=O) groups excluding carboxylic acids is 1. The van der Waals surface area contributed by atoms with E-state index in [0.717, 1.165) is 46.3 Å². The highest BCUT2D eigenvalue weighted by Gasteiger charge is 2.26. The number of thiazole rings is 1. The monoisotopic (exact) mass is 435 g/mol. The fraction of sp³-hybridized carbons (Fsp3) is 0.375. The molecule has 0 N–H and O–H groups in total. The van der Waals surface area contributed by atoms with Crippen LogP contribution in [0.5, 0.6) is 0 Å². The Balaban J connectivity index is 1.80. The smallest absolute Gasteiger partial charge is 0.279 e. The van der Waals surface area contributed by atoms with Crippen LogP contribution >= 0.6 is 11.3 Å². The summed E-state index contributed by atoms with van der Waals surface area (Å²) in [5, 5.41) is 0.742. The second-order valence-electron chi connectivity index (χ2n) is 7.88. The summed E-state index contributed by atoms with van der Waals surface area (Å²) < 4.78 is 3.02. The number of rotatable bonds is 7. The van der Waals surface area contributed by atoms with Gasteiger partial charge in [-0.15, -0.1) is 0 Å². The van der Waals surface area contributed by atoms with E-state index >= 15 is 0 Å². The molecule has 4 rings (SSSR count). The molecule has 0 radical (unpaired) electrons. The Bertz CT molecular complexity index is 1240. The lowest BCUT2D eigenvalue weighted by Gasteiger charge is -2.24. The zero-order valence-electron chi connectivity index (χ0n) is 18.8. The molecule has 0 fully saturated rings. The summed E-state index contributed by atoms with van der Waals surface area (Å²) in [5.74, 6) is -0.0585. The number of hydrogen-bond acceptors (Lipinski definition) is 5. The molecule has 4 aromatic rings. The van der Waals surface area contributed by atoms with E-state index in [-0.39, 0.29) is 5.91 Å². The lowest BCUT2D eigenvalue weighted by atomic mass is 10.1. The first-order valence-electron chi connectivity index (χ1n) is 10.8. The predicted octanol–water partition coefficient (Wildman–Crippen LogP) is 4.86. The number of likely N-dealkylation sites (N-methyl/N-ethyl adjacent to an activating group) is 1. The first kappa shape index (κ1) is 21.5. The molecule has 0 spiro atoms. The van der Waals surface area contributed by atoms with E-state index in [1.165, 1.54) is 11.1 Å². The van der Waals surface area contributed by atoms with Crippen LogP contribution in [0.25, 0.3) is 15.9 Å². The second kappa shape index (κ2) is 8.77. The third kappa shape index (κ3) is 4.07. The summed E-state index contributed by atoms with van der Waals surface area (Å²) in [5.41, 5.74) is 5.44. The van der Waals surface area contributed by atoms with Crippen LogP contribution in [-0.2, 0) is 0 Å². The third-order valence-electron chi connectivity index (χ3n) is 5.73. The minimum absolute atomic E-state index is 0.0585. The molecule has 3 aromatic heterocycles. The average molecular weight is 436 g/mol.